The van der Waals surface area contributed by atoms with Gasteiger partial charge in [0, 0.05) is 12.8 Å². The van der Waals surface area contributed by atoms with Crippen LogP contribution in [0.4, 0.5) is 0 Å². The molecule has 570 valence electrons. The number of nitrogens with zero attached hydrogens (tertiary/aromatic N) is 1. The number of likely N-dealkylation sites (N-methyl/N-ethyl adjacent to an activating group) is 1. The molecule has 0 fully saturated rings. The van der Waals surface area contributed by atoms with E-state index in [9.17, 15) is 19.0 Å². The van der Waals surface area contributed by atoms with Crippen LogP contribution < -0.4 is 4.89 Å². The number of phosphoric acid groups is 1. The Morgan fingerprint density at radius 1 is 0.327 bits per heavy atom. The highest BCUT2D eigenvalue weighted by Gasteiger charge is 2.22. The van der Waals surface area contributed by atoms with E-state index < -0.39 is 26.5 Å². The molecule has 10 heteroatoms. The van der Waals surface area contributed by atoms with Crippen molar-refractivity contribution in [3.63, 3.8) is 0 Å². The first-order valence-electron chi connectivity index (χ1n) is 41.9. The number of hydrogen-bond acceptors (Lipinski definition) is 8. The summed E-state index contributed by atoms with van der Waals surface area (Å²) in [5.74, 6) is -0.817. The molecule has 2 atom stereocenters. The van der Waals surface area contributed by atoms with Crippen molar-refractivity contribution < 1.29 is 42.1 Å². The van der Waals surface area contributed by atoms with Crippen LogP contribution in [0.2, 0.25) is 0 Å². The van der Waals surface area contributed by atoms with Gasteiger partial charge in [-0.1, -0.05) is 387 Å². The maximum Gasteiger partial charge on any atom is 0.306 e. The van der Waals surface area contributed by atoms with Gasteiger partial charge in [0.05, 0.1) is 27.7 Å². The van der Waals surface area contributed by atoms with Crippen molar-refractivity contribution in [3.05, 3.63) is 97.2 Å². The Morgan fingerprint density at radius 2 is 0.582 bits per heavy atom. The zero-order valence-corrected chi connectivity index (χ0v) is 66.1. The molecule has 0 aromatic carbocycles. The molecule has 2 unspecified atom stereocenters. The van der Waals surface area contributed by atoms with Crippen LogP contribution in [0.25, 0.3) is 0 Å². The number of esters is 2. The van der Waals surface area contributed by atoms with Gasteiger partial charge in [-0.25, -0.2) is 0 Å². The van der Waals surface area contributed by atoms with Gasteiger partial charge in [0.25, 0.3) is 7.82 Å². The predicted octanol–water partition coefficient (Wildman–Crippen LogP) is 27.5. The fourth-order valence-electron chi connectivity index (χ4n) is 12.2. The van der Waals surface area contributed by atoms with Gasteiger partial charge in [0.1, 0.15) is 19.8 Å². The second-order valence-corrected chi connectivity index (χ2v) is 30.9. The molecule has 0 aromatic heterocycles. The largest absolute Gasteiger partial charge is 0.756 e. The van der Waals surface area contributed by atoms with E-state index in [1.807, 2.05) is 21.1 Å². The zero-order chi connectivity index (χ0) is 71.1. The lowest BCUT2D eigenvalue weighted by Crippen LogP contribution is -2.37. The summed E-state index contributed by atoms with van der Waals surface area (Å²) in [5.41, 5.74) is 0. The first-order valence-corrected chi connectivity index (χ1v) is 43.4. The zero-order valence-electron chi connectivity index (χ0n) is 65.2. The number of phosphoric ester groups is 1. The summed E-state index contributed by atoms with van der Waals surface area (Å²) in [6.45, 7) is 4.18. The van der Waals surface area contributed by atoms with Crippen molar-refractivity contribution in [2.45, 2.75) is 405 Å². The molecule has 0 amide bonds. The van der Waals surface area contributed by atoms with E-state index >= 15 is 0 Å². The molecule has 0 aliphatic carbocycles. The summed E-state index contributed by atoms with van der Waals surface area (Å²) in [6, 6.07) is 0. The van der Waals surface area contributed by atoms with Gasteiger partial charge >= 0.3 is 11.9 Å². The first kappa shape index (κ1) is 94.9. The van der Waals surface area contributed by atoms with Crippen LogP contribution in [0.15, 0.2) is 97.2 Å². The number of carbonyl (C=O) groups excluding carboxylic acids is 2. The van der Waals surface area contributed by atoms with E-state index in [-0.39, 0.29) is 32.0 Å². The lowest BCUT2D eigenvalue weighted by molar-refractivity contribution is -0.870. The summed E-state index contributed by atoms with van der Waals surface area (Å²) >= 11 is 0. The third-order valence-electron chi connectivity index (χ3n) is 18.6. The minimum Gasteiger partial charge on any atom is -0.756 e. The quantitative estimate of drug-likeness (QED) is 0.0195. The standard InChI is InChI=1S/C88H160NO8P/c1-6-8-10-12-14-16-18-20-22-24-26-28-30-32-34-36-38-40-42-44-46-48-50-52-54-56-58-60-62-64-66-68-70-72-74-76-78-80-87(90)94-84-86(85-96-98(92,93)95-83-82-89(3,4)5)97-88(91)81-79-77-75-73-71-69-67-65-63-61-59-57-55-53-51-49-47-45-43-41-39-37-35-33-31-29-27-25-23-21-19-17-15-13-11-9-7-2/h9,11,15,17,21,23-24,26-27,29,33,35,39,41,45,47,86H,6-8,10,12-14,16,18-20,22,25,28,30-32,34,36-38,40,42-44,46,48-85H2,1-5H3/b11-9-,17-15-,23-21-,26-24-,29-27-,35-33-,41-39-,47-45-. The number of ether oxygens (including phenoxy) is 2. The van der Waals surface area contributed by atoms with Crippen molar-refractivity contribution in [1.82, 2.24) is 0 Å². The van der Waals surface area contributed by atoms with Crippen LogP contribution in [0.5, 0.6) is 0 Å². The lowest BCUT2D eigenvalue weighted by Gasteiger charge is -2.28. The molecule has 98 heavy (non-hydrogen) atoms. The molecule has 0 bridgehead atoms. The van der Waals surface area contributed by atoms with E-state index in [0.717, 1.165) is 83.5 Å². The fraction of sp³-hybridized carbons (Fsp3) is 0.795. The molecule has 0 aliphatic rings. The highest BCUT2D eigenvalue weighted by molar-refractivity contribution is 7.45. The highest BCUT2D eigenvalue weighted by Crippen LogP contribution is 2.38. The number of quaternary nitrogens is 1. The average molecular weight is 1390 g/mol. The Bertz CT molecular complexity index is 1980. The van der Waals surface area contributed by atoms with Crippen molar-refractivity contribution >= 4 is 19.8 Å². The maximum atomic E-state index is 12.9. The third-order valence-corrected chi connectivity index (χ3v) is 19.6. The van der Waals surface area contributed by atoms with Crippen LogP contribution in [0.1, 0.15) is 399 Å². The van der Waals surface area contributed by atoms with Gasteiger partial charge in [0.2, 0.25) is 0 Å². The number of hydrogen-bond donors (Lipinski definition) is 0. The molecule has 0 heterocycles. The normalized spacial score (nSPS) is 13.5. The molecule has 9 nitrogen and oxygen atoms in total. The molecule has 0 saturated heterocycles. The Labute approximate surface area is 608 Å². The number of unbranched alkanes of at least 4 members (excludes halogenated alkanes) is 48. The predicted molar refractivity (Wildman–Crippen MR) is 425 cm³/mol. The smallest absolute Gasteiger partial charge is 0.306 e. The molecule has 0 aromatic rings. The van der Waals surface area contributed by atoms with E-state index in [2.05, 4.69) is 111 Å². The average Bonchev–Trinajstić information content (AvgIpc) is 1.08. The van der Waals surface area contributed by atoms with Gasteiger partial charge in [-0.3, -0.25) is 14.2 Å². The van der Waals surface area contributed by atoms with Crippen molar-refractivity contribution in [2.75, 3.05) is 47.5 Å². The van der Waals surface area contributed by atoms with Crippen molar-refractivity contribution in [1.29, 1.82) is 0 Å². The van der Waals surface area contributed by atoms with Gasteiger partial charge in [-0.15, -0.1) is 0 Å². The van der Waals surface area contributed by atoms with Crippen molar-refractivity contribution in [3.8, 4) is 0 Å². The van der Waals surface area contributed by atoms with Gasteiger partial charge in [-0.2, -0.15) is 0 Å². The SMILES string of the molecule is CC/C=C\C/C=C\C/C=C\C/C=C\C/C=C\C/C=C\C/C=C\CCCCCCCCCCCCCCCCCC(=O)OC(COC(=O)CCCCCCCCCCCCCCCCCCCCCCCCCCC/C=C\CCCCCCCCCC)COP(=O)([O-])OCC[N+](C)(C)C. The summed E-state index contributed by atoms with van der Waals surface area (Å²) in [4.78, 5) is 38.2. The third kappa shape index (κ3) is 81.9. The van der Waals surface area contributed by atoms with Crippen LogP contribution in [0, 0.1) is 0 Å². The monoisotopic (exact) mass is 1390 g/mol. The minimum atomic E-state index is -4.65. The second-order valence-electron chi connectivity index (χ2n) is 29.5. The number of allylic oxidation sites excluding steroid dienone is 16. The van der Waals surface area contributed by atoms with Gasteiger partial charge in [-0.05, 0) is 96.3 Å². The van der Waals surface area contributed by atoms with E-state index in [1.54, 1.807) is 0 Å². The highest BCUT2D eigenvalue weighted by atomic mass is 31.2. The molecule has 0 saturated carbocycles. The molecule has 0 spiro atoms. The molecule has 0 N–H and O–H groups in total. The van der Waals surface area contributed by atoms with Gasteiger partial charge in [0.15, 0.2) is 6.10 Å². The van der Waals surface area contributed by atoms with E-state index in [4.69, 9.17) is 18.5 Å². The van der Waals surface area contributed by atoms with Crippen LogP contribution in [-0.4, -0.2) is 70.0 Å². The fourth-order valence-corrected chi connectivity index (χ4v) is 13.0. The van der Waals surface area contributed by atoms with Crippen LogP contribution in [-0.2, 0) is 32.7 Å². The summed E-state index contributed by atoms with van der Waals surface area (Å²) in [6.07, 6.45) is 110. The minimum absolute atomic E-state index is 0.0313. The molecule has 0 rings (SSSR count). The van der Waals surface area contributed by atoms with Crippen LogP contribution >= 0.6 is 7.82 Å². The summed E-state index contributed by atoms with van der Waals surface area (Å²) in [5, 5.41) is 0. The Morgan fingerprint density at radius 3 is 0.878 bits per heavy atom. The van der Waals surface area contributed by atoms with Gasteiger partial charge < -0.3 is 27.9 Å². The molecular weight excluding hydrogens is 1230 g/mol. The number of rotatable bonds is 78. The Kier molecular flexibility index (Phi) is 75.6. The topological polar surface area (TPSA) is 111 Å². The molecule has 0 aliphatic heterocycles. The van der Waals surface area contributed by atoms with Crippen molar-refractivity contribution in [2.24, 2.45) is 0 Å². The van der Waals surface area contributed by atoms with Crippen LogP contribution in [0.3, 0.4) is 0 Å². The second kappa shape index (κ2) is 78.1. The lowest BCUT2D eigenvalue weighted by atomic mass is 10.0. The van der Waals surface area contributed by atoms with E-state index in [0.29, 0.717) is 17.4 Å². The first-order chi connectivity index (χ1) is 48.0. The maximum absolute atomic E-state index is 12.9. The summed E-state index contributed by atoms with van der Waals surface area (Å²) < 4.78 is 34.5. The Balaban J connectivity index is 3.93. The Hall–Kier alpha value is -3.07. The molecule has 0 radical (unpaired) electrons. The molecular formula is C88H160NO8P. The van der Waals surface area contributed by atoms with E-state index in [1.165, 1.54) is 283 Å². The summed E-state index contributed by atoms with van der Waals surface area (Å²) in [7, 11) is 1.18. The number of carbonyl (C=O) groups is 2.